The number of hydrogen-bond donors (Lipinski definition) is 2. The summed E-state index contributed by atoms with van der Waals surface area (Å²) in [4.78, 5) is 39.6. The van der Waals surface area contributed by atoms with E-state index in [1.54, 1.807) is 54.6 Å². The Bertz CT molecular complexity index is 1400. The smallest absolute Gasteiger partial charge is 0.283 e. The Balaban J connectivity index is 1.50. The molecule has 0 bridgehead atoms. The number of nitrogens with zero attached hydrogens (tertiary/aromatic N) is 1. The van der Waals surface area contributed by atoms with Crippen molar-refractivity contribution in [1.82, 2.24) is 0 Å². The van der Waals surface area contributed by atoms with Crippen LogP contribution in [0.1, 0.15) is 24.2 Å². The lowest BCUT2D eigenvalue weighted by atomic mass is 10.1. The zero-order valence-electron chi connectivity index (χ0n) is 20.2. The van der Waals surface area contributed by atoms with Gasteiger partial charge >= 0.3 is 0 Å². The number of benzene rings is 3. The molecule has 2 N–H and O–H groups in total. The van der Waals surface area contributed by atoms with Gasteiger partial charge in [0.15, 0.2) is 0 Å². The highest BCUT2D eigenvalue weighted by molar-refractivity contribution is 6.53. The predicted molar refractivity (Wildman–Crippen MR) is 144 cm³/mol. The molecular formula is C27H23Cl2N3O5. The summed E-state index contributed by atoms with van der Waals surface area (Å²) in [5.41, 5.74) is 1.45. The molecule has 3 amide bonds. The second-order valence-electron chi connectivity index (χ2n) is 8.27. The van der Waals surface area contributed by atoms with Crippen molar-refractivity contribution in [2.45, 2.75) is 20.0 Å². The second-order valence-corrected chi connectivity index (χ2v) is 9.08. The van der Waals surface area contributed by atoms with E-state index in [9.17, 15) is 14.4 Å². The maximum Gasteiger partial charge on any atom is 0.283 e. The molecule has 0 fully saturated rings. The van der Waals surface area contributed by atoms with Crippen molar-refractivity contribution in [3.63, 3.8) is 0 Å². The van der Waals surface area contributed by atoms with Gasteiger partial charge < -0.3 is 20.1 Å². The molecule has 0 aromatic heterocycles. The molecule has 0 saturated carbocycles. The largest absolute Gasteiger partial charge is 0.495 e. The van der Waals surface area contributed by atoms with E-state index in [4.69, 9.17) is 32.7 Å². The molecule has 0 unspecified atom stereocenters. The molecule has 0 saturated heterocycles. The fourth-order valence-corrected chi connectivity index (χ4v) is 4.02. The highest BCUT2D eigenvalue weighted by atomic mass is 35.5. The van der Waals surface area contributed by atoms with Crippen LogP contribution in [0.5, 0.6) is 11.5 Å². The van der Waals surface area contributed by atoms with Crippen LogP contribution in [0.4, 0.5) is 17.1 Å². The van der Waals surface area contributed by atoms with E-state index in [0.29, 0.717) is 27.7 Å². The van der Waals surface area contributed by atoms with Gasteiger partial charge in [-0.15, -0.1) is 0 Å². The van der Waals surface area contributed by atoms with Crippen LogP contribution in [-0.4, -0.2) is 30.9 Å². The van der Waals surface area contributed by atoms with Crippen molar-refractivity contribution < 1.29 is 23.9 Å². The number of para-hydroxylation sites is 2. The lowest BCUT2D eigenvalue weighted by Gasteiger charge is -2.18. The van der Waals surface area contributed by atoms with Crippen LogP contribution in [0.25, 0.3) is 0 Å². The van der Waals surface area contributed by atoms with Gasteiger partial charge in [0.2, 0.25) is 0 Å². The highest BCUT2D eigenvalue weighted by Gasteiger charge is 2.40. The zero-order valence-corrected chi connectivity index (χ0v) is 21.7. The second kappa shape index (κ2) is 10.9. The Morgan fingerprint density at radius 2 is 1.62 bits per heavy atom. The molecule has 8 nitrogen and oxygen atoms in total. The van der Waals surface area contributed by atoms with Gasteiger partial charge in [0.1, 0.15) is 22.2 Å². The Labute approximate surface area is 223 Å². The molecule has 3 aromatic rings. The van der Waals surface area contributed by atoms with Crippen molar-refractivity contribution in [3.8, 4) is 11.5 Å². The summed E-state index contributed by atoms with van der Waals surface area (Å²) in [7, 11) is 1.42. The monoisotopic (exact) mass is 539 g/mol. The number of carbonyl (C=O) groups excluding carboxylic acids is 3. The van der Waals surface area contributed by atoms with Gasteiger partial charge in [-0.3, -0.25) is 14.4 Å². The molecule has 1 aliphatic heterocycles. The zero-order chi connectivity index (χ0) is 26.7. The third-order valence-electron chi connectivity index (χ3n) is 5.32. The first kappa shape index (κ1) is 26.1. The van der Waals surface area contributed by atoms with E-state index in [1.165, 1.54) is 13.2 Å². The molecular weight excluding hydrogens is 517 g/mol. The van der Waals surface area contributed by atoms with E-state index in [0.717, 1.165) is 4.90 Å². The number of halogens is 2. The van der Waals surface area contributed by atoms with Gasteiger partial charge in [0.25, 0.3) is 17.7 Å². The van der Waals surface area contributed by atoms with Gasteiger partial charge in [-0.1, -0.05) is 35.3 Å². The van der Waals surface area contributed by atoms with E-state index in [1.807, 2.05) is 19.9 Å². The van der Waals surface area contributed by atoms with Crippen molar-refractivity contribution in [2.75, 3.05) is 22.6 Å². The summed E-state index contributed by atoms with van der Waals surface area (Å²) in [6, 6.07) is 18.1. The highest BCUT2D eigenvalue weighted by Crippen LogP contribution is 2.37. The first-order chi connectivity index (χ1) is 17.7. The van der Waals surface area contributed by atoms with E-state index >= 15 is 0 Å². The Hall–Kier alpha value is -4.01. The number of rotatable bonds is 8. The van der Waals surface area contributed by atoms with E-state index in [-0.39, 0.29) is 34.2 Å². The minimum Gasteiger partial charge on any atom is -0.495 e. The van der Waals surface area contributed by atoms with Gasteiger partial charge in [-0.25, -0.2) is 4.90 Å². The molecule has 1 aliphatic rings. The average Bonchev–Trinajstić information content (AvgIpc) is 3.08. The van der Waals surface area contributed by atoms with Crippen LogP contribution >= 0.6 is 23.2 Å². The SMILES string of the molecule is COc1ccc(Cl)cc1N1C(=O)C(Cl)=C(Nc2ccc(C(=O)Nc3ccccc3OC(C)C)cc2)C1=O. The summed E-state index contributed by atoms with van der Waals surface area (Å²) >= 11 is 12.3. The summed E-state index contributed by atoms with van der Waals surface area (Å²) in [5, 5.41) is 5.76. The molecule has 10 heteroatoms. The first-order valence-corrected chi connectivity index (χ1v) is 12.0. The first-order valence-electron chi connectivity index (χ1n) is 11.3. The number of anilines is 3. The summed E-state index contributed by atoms with van der Waals surface area (Å²) in [5.74, 6) is -0.870. The number of methoxy groups -OCH3 is 1. The topological polar surface area (TPSA) is 97.0 Å². The molecule has 0 atom stereocenters. The molecule has 0 spiro atoms. The Morgan fingerprint density at radius 3 is 2.30 bits per heavy atom. The number of carbonyl (C=O) groups is 3. The maximum atomic E-state index is 13.1. The van der Waals surface area contributed by atoms with Crippen molar-refractivity contribution >= 4 is 58.0 Å². The van der Waals surface area contributed by atoms with Crippen LogP contribution in [0.2, 0.25) is 5.02 Å². The lowest BCUT2D eigenvalue weighted by molar-refractivity contribution is -0.120. The predicted octanol–water partition coefficient (Wildman–Crippen LogP) is 5.82. The van der Waals surface area contributed by atoms with E-state index < -0.39 is 11.8 Å². The van der Waals surface area contributed by atoms with Gasteiger partial charge in [-0.2, -0.15) is 0 Å². The normalized spacial score (nSPS) is 13.3. The number of imide groups is 1. The number of amides is 3. The van der Waals surface area contributed by atoms with Crippen LogP contribution in [0.3, 0.4) is 0 Å². The standard InChI is InChI=1S/C27H23Cl2N3O5/c1-15(2)37-21-7-5-4-6-19(21)31-25(33)16-8-11-18(12-9-16)30-24-23(29)26(34)32(27(24)35)20-14-17(28)10-13-22(20)36-3/h4-15,30H,1-3H3,(H,31,33). The minimum absolute atomic E-state index is 0.0504. The fourth-order valence-electron chi connectivity index (χ4n) is 3.64. The molecule has 37 heavy (non-hydrogen) atoms. The van der Waals surface area contributed by atoms with Gasteiger partial charge in [0, 0.05) is 16.3 Å². The Morgan fingerprint density at radius 1 is 0.919 bits per heavy atom. The summed E-state index contributed by atoms with van der Waals surface area (Å²) in [6.07, 6.45) is -0.0504. The van der Waals surface area contributed by atoms with Gasteiger partial charge in [0.05, 0.1) is 24.6 Å². The summed E-state index contributed by atoms with van der Waals surface area (Å²) in [6.45, 7) is 3.80. The van der Waals surface area contributed by atoms with Crippen molar-refractivity contribution in [2.24, 2.45) is 0 Å². The van der Waals surface area contributed by atoms with E-state index in [2.05, 4.69) is 10.6 Å². The van der Waals surface area contributed by atoms with Crippen molar-refractivity contribution in [3.05, 3.63) is 88.0 Å². The molecule has 0 radical (unpaired) electrons. The number of nitrogens with one attached hydrogen (secondary N) is 2. The van der Waals surface area contributed by atoms with Crippen LogP contribution in [-0.2, 0) is 9.59 Å². The minimum atomic E-state index is -0.715. The molecule has 3 aromatic carbocycles. The maximum absolute atomic E-state index is 13.1. The average molecular weight is 540 g/mol. The molecule has 4 rings (SSSR count). The van der Waals surface area contributed by atoms with Crippen LogP contribution in [0.15, 0.2) is 77.5 Å². The van der Waals surface area contributed by atoms with Crippen molar-refractivity contribution in [1.29, 1.82) is 0 Å². The molecule has 1 heterocycles. The molecule has 0 aliphatic carbocycles. The summed E-state index contributed by atoms with van der Waals surface area (Å²) < 4.78 is 11.0. The van der Waals surface area contributed by atoms with Crippen LogP contribution < -0.4 is 25.0 Å². The molecule has 190 valence electrons. The lowest BCUT2D eigenvalue weighted by Crippen LogP contribution is -2.32. The fraction of sp³-hybridized carbons (Fsp3) is 0.148. The quantitative estimate of drug-likeness (QED) is 0.350. The van der Waals surface area contributed by atoms with Gasteiger partial charge in [-0.05, 0) is 68.4 Å². The third-order valence-corrected chi connectivity index (χ3v) is 5.91. The number of hydrogen-bond acceptors (Lipinski definition) is 6. The number of ether oxygens (including phenoxy) is 2. The van der Waals surface area contributed by atoms with Crippen LogP contribution in [0, 0.1) is 0 Å². The third kappa shape index (κ3) is 5.55. The Kier molecular flexibility index (Phi) is 7.71.